The first-order valence-electron chi connectivity index (χ1n) is 6.43. The number of carbonyl (C=O) groups excluding carboxylic acids is 1. The maximum absolute atomic E-state index is 11.7. The highest BCUT2D eigenvalue weighted by Gasteiger charge is 2.47. The van der Waals surface area contributed by atoms with E-state index < -0.39 is 54.3 Å². The third kappa shape index (κ3) is 3.09. The first kappa shape index (κ1) is 16.4. The van der Waals surface area contributed by atoms with Crippen LogP contribution in [0.4, 0.5) is 0 Å². The molecule has 0 radical (unpaired) electrons. The molecule has 10 nitrogen and oxygen atoms in total. The molecule has 1 aromatic heterocycles. The molecule has 0 bridgehead atoms. The van der Waals surface area contributed by atoms with Gasteiger partial charge in [-0.05, 0) is 0 Å². The molecule has 0 aromatic carbocycles. The molecule has 1 unspecified atom stereocenters. The van der Waals surface area contributed by atoms with Crippen LogP contribution in [0.2, 0.25) is 0 Å². The Morgan fingerprint density at radius 2 is 2.14 bits per heavy atom. The number of esters is 1. The molecule has 1 saturated heterocycles. The number of aromatic nitrogens is 2. The van der Waals surface area contributed by atoms with Gasteiger partial charge in [-0.2, -0.15) is 0 Å². The summed E-state index contributed by atoms with van der Waals surface area (Å²) in [6.07, 6.45) is -6.44. The molecular weight excluding hydrogens is 300 g/mol. The second-order valence-corrected chi connectivity index (χ2v) is 4.84. The van der Waals surface area contributed by atoms with Crippen molar-refractivity contribution in [3.8, 4) is 0 Å². The summed E-state index contributed by atoms with van der Waals surface area (Å²) in [5.74, 6) is -0.720. The summed E-state index contributed by atoms with van der Waals surface area (Å²) in [5.41, 5.74) is -1.47. The minimum absolute atomic E-state index is 0.446. The number of ether oxygens (including phenoxy) is 2. The van der Waals surface area contributed by atoms with E-state index >= 15 is 0 Å². The van der Waals surface area contributed by atoms with Gasteiger partial charge in [0, 0.05) is 12.3 Å². The predicted octanol–water partition coefficient (Wildman–Crippen LogP) is -2.92. The number of aromatic amines is 1. The number of aliphatic hydroxyl groups is 3. The smallest absolute Gasteiger partial charge is 0.330 e. The third-order valence-corrected chi connectivity index (χ3v) is 3.38. The quantitative estimate of drug-likeness (QED) is 0.431. The average molecular weight is 316 g/mol. The van der Waals surface area contributed by atoms with Crippen LogP contribution in [0.3, 0.4) is 0 Å². The molecule has 122 valence electrons. The molecule has 5 atom stereocenters. The molecule has 1 aliphatic rings. The summed E-state index contributed by atoms with van der Waals surface area (Å²) < 4.78 is 10.6. The molecule has 1 aromatic rings. The zero-order valence-corrected chi connectivity index (χ0v) is 11.6. The summed E-state index contributed by atoms with van der Waals surface area (Å²) in [7, 11) is 1.14. The van der Waals surface area contributed by atoms with Crippen molar-refractivity contribution in [1.82, 2.24) is 9.55 Å². The lowest BCUT2D eigenvalue weighted by molar-refractivity contribution is -0.147. The van der Waals surface area contributed by atoms with Gasteiger partial charge in [0.2, 0.25) is 0 Å². The predicted molar refractivity (Wildman–Crippen MR) is 69.9 cm³/mol. The standard InChI is InChI=1S/C12H16N2O8/c1-21-7(17)4-5(15)10-8(18)9(19)11(22-10)14-3-2-6(16)13-12(14)20/h2-3,5,8-11,15,18-19H,4H2,1H3,(H,13,16,20)/t5?,8-,9+,10+,11+/m0/s1. The van der Waals surface area contributed by atoms with Crippen molar-refractivity contribution < 1.29 is 29.6 Å². The first-order chi connectivity index (χ1) is 10.3. The number of aliphatic hydroxyl groups excluding tert-OH is 3. The van der Waals surface area contributed by atoms with Crippen LogP contribution in [0.15, 0.2) is 21.9 Å². The zero-order valence-electron chi connectivity index (χ0n) is 11.6. The highest BCUT2D eigenvalue weighted by Crippen LogP contribution is 2.30. The zero-order chi connectivity index (χ0) is 16.4. The summed E-state index contributed by atoms with van der Waals surface area (Å²) in [5, 5.41) is 29.8. The Balaban J connectivity index is 2.21. The fraction of sp³-hybridized carbons (Fsp3) is 0.583. The average Bonchev–Trinajstić information content (AvgIpc) is 2.75. The number of H-pyrrole nitrogens is 1. The Morgan fingerprint density at radius 1 is 1.45 bits per heavy atom. The molecule has 22 heavy (non-hydrogen) atoms. The van der Waals surface area contributed by atoms with Gasteiger partial charge in [0.25, 0.3) is 5.56 Å². The van der Waals surface area contributed by atoms with Crippen molar-refractivity contribution >= 4 is 5.97 Å². The molecular formula is C12H16N2O8. The van der Waals surface area contributed by atoms with E-state index in [4.69, 9.17) is 4.74 Å². The Labute approximate surface area is 123 Å². The Bertz CT molecular complexity index is 653. The van der Waals surface area contributed by atoms with Crippen molar-refractivity contribution in [3.05, 3.63) is 33.1 Å². The molecule has 2 heterocycles. The monoisotopic (exact) mass is 316 g/mol. The molecule has 4 N–H and O–H groups in total. The second-order valence-electron chi connectivity index (χ2n) is 4.84. The lowest BCUT2D eigenvalue weighted by atomic mass is 10.0. The van der Waals surface area contributed by atoms with Crippen LogP contribution < -0.4 is 11.2 Å². The summed E-state index contributed by atoms with van der Waals surface area (Å²) in [6.45, 7) is 0. The van der Waals surface area contributed by atoms with E-state index in [0.717, 1.165) is 23.9 Å². The Hall–Kier alpha value is -2.01. The topological polar surface area (TPSA) is 151 Å². The van der Waals surface area contributed by atoms with Crippen molar-refractivity contribution in [2.45, 2.75) is 37.1 Å². The van der Waals surface area contributed by atoms with Crippen LogP contribution in [0.5, 0.6) is 0 Å². The van der Waals surface area contributed by atoms with Gasteiger partial charge in [-0.25, -0.2) is 4.79 Å². The molecule has 0 spiro atoms. The number of rotatable bonds is 4. The molecule has 2 rings (SSSR count). The van der Waals surface area contributed by atoms with E-state index in [2.05, 4.69) is 4.74 Å². The SMILES string of the molecule is COC(=O)CC(O)[C@H]1O[C@@H](n2ccc(=O)[nH]c2=O)[C@H](O)[C@@H]1O. The van der Waals surface area contributed by atoms with Crippen LogP contribution in [0.25, 0.3) is 0 Å². The maximum atomic E-state index is 11.7. The summed E-state index contributed by atoms with van der Waals surface area (Å²) in [4.78, 5) is 35.8. The Kier molecular flexibility index (Phi) is 4.76. The van der Waals surface area contributed by atoms with Crippen LogP contribution in [0.1, 0.15) is 12.6 Å². The highest BCUT2D eigenvalue weighted by atomic mass is 16.6. The van der Waals surface area contributed by atoms with Crippen LogP contribution in [-0.4, -0.2) is 62.4 Å². The number of carbonyl (C=O) groups is 1. The molecule has 0 saturated carbocycles. The van der Waals surface area contributed by atoms with Gasteiger partial charge in [0.15, 0.2) is 6.23 Å². The van der Waals surface area contributed by atoms with E-state index in [1.54, 1.807) is 0 Å². The molecule has 0 amide bonds. The van der Waals surface area contributed by atoms with Crippen molar-refractivity contribution in [2.75, 3.05) is 7.11 Å². The normalized spacial score (nSPS) is 29.3. The van der Waals surface area contributed by atoms with Crippen molar-refractivity contribution in [3.63, 3.8) is 0 Å². The third-order valence-electron chi connectivity index (χ3n) is 3.38. The van der Waals surface area contributed by atoms with Crippen molar-refractivity contribution in [2.24, 2.45) is 0 Å². The lowest BCUT2D eigenvalue weighted by Crippen LogP contribution is -2.40. The van der Waals surface area contributed by atoms with Gasteiger partial charge >= 0.3 is 11.7 Å². The number of hydrogen-bond acceptors (Lipinski definition) is 8. The fourth-order valence-corrected chi connectivity index (χ4v) is 2.23. The van der Waals surface area contributed by atoms with E-state index in [-0.39, 0.29) is 0 Å². The number of hydrogen-bond donors (Lipinski definition) is 4. The largest absolute Gasteiger partial charge is 0.469 e. The van der Waals surface area contributed by atoms with Crippen LogP contribution >= 0.6 is 0 Å². The molecule has 0 aliphatic carbocycles. The minimum atomic E-state index is -1.53. The van der Waals surface area contributed by atoms with Gasteiger partial charge in [-0.1, -0.05) is 0 Å². The first-order valence-corrected chi connectivity index (χ1v) is 6.43. The van der Waals surface area contributed by atoms with Gasteiger partial charge in [0.05, 0.1) is 19.6 Å². The minimum Gasteiger partial charge on any atom is -0.469 e. The van der Waals surface area contributed by atoms with Crippen LogP contribution in [-0.2, 0) is 14.3 Å². The second kappa shape index (κ2) is 6.40. The molecule has 1 fully saturated rings. The highest BCUT2D eigenvalue weighted by molar-refractivity contribution is 5.69. The summed E-state index contributed by atoms with van der Waals surface area (Å²) >= 11 is 0. The Morgan fingerprint density at radius 3 is 2.73 bits per heavy atom. The number of nitrogens with one attached hydrogen (secondary N) is 1. The van der Waals surface area contributed by atoms with Gasteiger partial charge in [-0.3, -0.25) is 19.1 Å². The molecule has 10 heteroatoms. The summed E-state index contributed by atoms with van der Waals surface area (Å²) in [6, 6.07) is 1.04. The van der Waals surface area contributed by atoms with Gasteiger partial charge < -0.3 is 24.8 Å². The lowest BCUT2D eigenvalue weighted by Gasteiger charge is -2.20. The van der Waals surface area contributed by atoms with Gasteiger partial charge in [0.1, 0.15) is 18.3 Å². The van der Waals surface area contributed by atoms with E-state index in [0.29, 0.717) is 0 Å². The maximum Gasteiger partial charge on any atom is 0.330 e. The van der Waals surface area contributed by atoms with E-state index in [1.807, 2.05) is 4.98 Å². The van der Waals surface area contributed by atoms with Gasteiger partial charge in [-0.15, -0.1) is 0 Å². The number of nitrogens with zero attached hydrogens (tertiary/aromatic N) is 1. The number of methoxy groups -OCH3 is 1. The van der Waals surface area contributed by atoms with E-state index in [1.165, 1.54) is 0 Å². The fourth-order valence-electron chi connectivity index (χ4n) is 2.23. The molecule has 1 aliphatic heterocycles. The van der Waals surface area contributed by atoms with E-state index in [9.17, 15) is 29.7 Å². The van der Waals surface area contributed by atoms with Crippen LogP contribution in [0, 0.1) is 0 Å². The van der Waals surface area contributed by atoms with Crippen molar-refractivity contribution in [1.29, 1.82) is 0 Å².